The zero-order chi connectivity index (χ0) is 13.5. The number of hydrogen-bond donors (Lipinski definition) is 0. The van der Waals surface area contributed by atoms with Crippen LogP contribution in [0.15, 0.2) is 55.1 Å². The van der Waals surface area contributed by atoms with E-state index >= 15 is 0 Å². The highest BCUT2D eigenvalue weighted by molar-refractivity contribution is 5.47. The third-order valence-electron chi connectivity index (χ3n) is 2.87. The second-order valence-corrected chi connectivity index (χ2v) is 4.28. The van der Waals surface area contributed by atoms with Gasteiger partial charge in [-0.25, -0.2) is 0 Å². The van der Waals surface area contributed by atoms with Crippen molar-refractivity contribution in [1.29, 1.82) is 0 Å². The third kappa shape index (κ3) is 3.84. The van der Waals surface area contributed by atoms with E-state index in [0.29, 0.717) is 13.2 Å². The Hall–Kier alpha value is -2.30. The molecule has 0 heterocycles. The number of rotatable bonds is 5. The second-order valence-electron chi connectivity index (χ2n) is 4.28. The van der Waals surface area contributed by atoms with Crippen molar-refractivity contribution in [2.24, 2.45) is 0 Å². The van der Waals surface area contributed by atoms with Crippen LogP contribution < -0.4 is 0 Å². The Bertz CT molecular complexity index is 571. The molecular weight excluding hydrogens is 232 g/mol. The number of hydrogen-bond acceptors (Lipinski definition) is 1. The highest BCUT2D eigenvalue weighted by Gasteiger charge is 1.96. The summed E-state index contributed by atoms with van der Waals surface area (Å²) in [6, 6.07) is 16.0. The molecule has 1 nitrogen and oxygen atoms in total. The van der Waals surface area contributed by atoms with Crippen molar-refractivity contribution in [3.05, 3.63) is 77.4 Å². The molecule has 1 heteroatoms. The minimum Gasteiger partial charge on any atom is -0.372 e. The van der Waals surface area contributed by atoms with Gasteiger partial charge in [0, 0.05) is 5.56 Å². The molecule has 2 aromatic rings. The molecule has 94 valence electrons. The van der Waals surface area contributed by atoms with Crippen molar-refractivity contribution in [2.75, 3.05) is 0 Å². The standard InChI is InChI=1S/C18H16O/c1-3-15-5-9-17(10-6-15)13-19-14-18-11-7-16(4-2)8-12-18/h1,4-12H,2,13-14H2. The molecule has 0 aliphatic rings. The summed E-state index contributed by atoms with van der Waals surface area (Å²) in [4.78, 5) is 0. The number of terminal acetylenes is 1. The van der Waals surface area contributed by atoms with Gasteiger partial charge in [-0.1, -0.05) is 55.0 Å². The number of benzene rings is 2. The summed E-state index contributed by atoms with van der Waals surface area (Å²) < 4.78 is 5.68. The molecule has 0 spiro atoms. The molecule has 0 amide bonds. The van der Waals surface area contributed by atoms with Crippen LogP contribution in [-0.4, -0.2) is 0 Å². The molecule has 0 aliphatic heterocycles. The highest BCUT2D eigenvalue weighted by Crippen LogP contribution is 2.09. The molecule has 0 aliphatic carbocycles. The van der Waals surface area contributed by atoms with Crippen molar-refractivity contribution in [1.82, 2.24) is 0 Å². The molecule has 0 atom stereocenters. The van der Waals surface area contributed by atoms with Gasteiger partial charge in [-0.2, -0.15) is 0 Å². The van der Waals surface area contributed by atoms with E-state index in [0.717, 1.165) is 22.3 Å². The summed E-state index contributed by atoms with van der Waals surface area (Å²) >= 11 is 0. The minimum atomic E-state index is 0.591. The zero-order valence-electron chi connectivity index (χ0n) is 10.8. The summed E-state index contributed by atoms with van der Waals surface area (Å²) in [7, 11) is 0. The fraction of sp³-hybridized carbons (Fsp3) is 0.111. The van der Waals surface area contributed by atoms with Crippen LogP contribution in [0.3, 0.4) is 0 Å². The predicted octanol–water partition coefficient (Wildman–Crippen LogP) is 4.03. The molecule has 19 heavy (non-hydrogen) atoms. The van der Waals surface area contributed by atoms with Crippen LogP contribution in [0.2, 0.25) is 0 Å². The average Bonchev–Trinajstić information content (AvgIpc) is 2.49. The van der Waals surface area contributed by atoms with Crippen molar-refractivity contribution in [3.8, 4) is 12.3 Å². The maximum atomic E-state index is 5.68. The van der Waals surface area contributed by atoms with Gasteiger partial charge in [0.1, 0.15) is 0 Å². The maximum absolute atomic E-state index is 5.68. The molecule has 0 unspecified atom stereocenters. The molecule has 0 bridgehead atoms. The second kappa shape index (κ2) is 6.58. The molecule has 2 aromatic carbocycles. The summed E-state index contributed by atoms with van der Waals surface area (Å²) in [6.45, 7) is 4.93. The summed E-state index contributed by atoms with van der Waals surface area (Å²) in [5, 5.41) is 0. The first kappa shape index (κ1) is 13.1. The molecule has 0 fully saturated rings. The molecule has 0 N–H and O–H groups in total. The van der Waals surface area contributed by atoms with Crippen LogP contribution in [-0.2, 0) is 18.0 Å². The van der Waals surface area contributed by atoms with E-state index in [-0.39, 0.29) is 0 Å². The SMILES string of the molecule is C#Cc1ccc(COCc2ccc(C=C)cc2)cc1. The quantitative estimate of drug-likeness (QED) is 0.726. The lowest BCUT2D eigenvalue weighted by atomic mass is 10.1. The van der Waals surface area contributed by atoms with Crippen LogP contribution in [0.1, 0.15) is 22.3 Å². The minimum absolute atomic E-state index is 0.591. The van der Waals surface area contributed by atoms with Gasteiger partial charge >= 0.3 is 0 Å². The third-order valence-corrected chi connectivity index (χ3v) is 2.87. The fourth-order valence-electron chi connectivity index (χ4n) is 1.73. The van der Waals surface area contributed by atoms with E-state index in [1.54, 1.807) is 0 Å². The summed E-state index contributed by atoms with van der Waals surface area (Å²) in [5.74, 6) is 2.60. The van der Waals surface area contributed by atoms with Crippen LogP contribution in [0.5, 0.6) is 0 Å². The van der Waals surface area contributed by atoms with Crippen molar-refractivity contribution in [3.63, 3.8) is 0 Å². The largest absolute Gasteiger partial charge is 0.372 e. The molecule has 0 saturated carbocycles. The van der Waals surface area contributed by atoms with E-state index in [2.05, 4.69) is 24.6 Å². The van der Waals surface area contributed by atoms with Gasteiger partial charge in [-0.15, -0.1) is 6.42 Å². The molecular formula is C18H16O. The van der Waals surface area contributed by atoms with Crippen LogP contribution >= 0.6 is 0 Å². The lowest BCUT2D eigenvalue weighted by molar-refractivity contribution is 0.107. The Morgan fingerprint density at radius 2 is 1.47 bits per heavy atom. The van der Waals surface area contributed by atoms with Gasteiger partial charge in [0.15, 0.2) is 0 Å². The van der Waals surface area contributed by atoms with E-state index < -0.39 is 0 Å². The van der Waals surface area contributed by atoms with Gasteiger partial charge in [-0.05, 0) is 28.8 Å². The topological polar surface area (TPSA) is 9.23 Å². The maximum Gasteiger partial charge on any atom is 0.0721 e. The van der Waals surface area contributed by atoms with Crippen molar-refractivity contribution in [2.45, 2.75) is 13.2 Å². The Kier molecular flexibility index (Phi) is 4.55. The average molecular weight is 248 g/mol. The van der Waals surface area contributed by atoms with Gasteiger partial charge in [0.2, 0.25) is 0 Å². The Morgan fingerprint density at radius 3 is 1.95 bits per heavy atom. The lowest BCUT2D eigenvalue weighted by Gasteiger charge is -2.05. The summed E-state index contributed by atoms with van der Waals surface area (Å²) in [6.07, 6.45) is 7.14. The van der Waals surface area contributed by atoms with Gasteiger partial charge in [0.05, 0.1) is 13.2 Å². The van der Waals surface area contributed by atoms with Crippen molar-refractivity contribution < 1.29 is 4.74 Å². The Balaban J connectivity index is 1.85. The molecule has 0 aromatic heterocycles. The Morgan fingerprint density at radius 1 is 0.947 bits per heavy atom. The van der Waals surface area contributed by atoms with Crippen molar-refractivity contribution >= 4 is 6.08 Å². The first-order valence-corrected chi connectivity index (χ1v) is 6.16. The van der Waals surface area contributed by atoms with Crippen LogP contribution in [0.4, 0.5) is 0 Å². The van der Waals surface area contributed by atoms with Crippen LogP contribution in [0, 0.1) is 12.3 Å². The predicted molar refractivity (Wildman–Crippen MR) is 79.4 cm³/mol. The van der Waals surface area contributed by atoms with E-state index in [4.69, 9.17) is 11.2 Å². The van der Waals surface area contributed by atoms with E-state index in [1.807, 2.05) is 42.5 Å². The van der Waals surface area contributed by atoms with E-state index in [1.165, 1.54) is 0 Å². The lowest BCUT2D eigenvalue weighted by Crippen LogP contribution is -1.94. The van der Waals surface area contributed by atoms with E-state index in [9.17, 15) is 0 Å². The van der Waals surface area contributed by atoms with Crippen LogP contribution in [0.25, 0.3) is 6.08 Å². The van der Waals surface area contributed by atoms with Gasteiger partial charge < -0.3 is 4.74 Å². The zero-order valence-corrected chi connectivity index (χ0v) is 10.8. The monoisotopic (exact) mass is 248 g/mol. The molecule has 0 saturated heterocycles. The first-order valence-electron chi connectivity index (χ1n) is 6.16. The summed E-state index contributed by atoms with van der Waals surface area (Å²) in [5.41, 5.74) is 4.30. The smallest absolute Gasteiger partial charge is 0.0721 e. The molecule has 0 radical (unpaired) electrons. The Labute approximate surface area is 114 Å². The highest BCUT2D eigenvalue weighted by atomic mass is 16.5. The normalized spacial score (nSPS) is 9.84. The number of ether oxygens (including phenoxy) is 1. The fourth-order valence-corrected chi connectivity index (χ4v) is 1.73. The molecule has 2 rings (SSSR count). The first-order chi connectivity index (χ1) is 9.31. The van der Waals surface area contributed by atoms with Gasteiger partial charge in [-0.3, -0.25) is 0 Å². The van der Waals surface area contributed by atoms with Gasteiger partial charge in [0.25, 0.3) is 0 Å².